The number of aromatic carboxylic acids is 1. The van der Waals surface area contributed by atoms with E-state index in [4.69, 9.17) is 4.42 Å². The Labute approximate surface area is 201 Å². The van der Waals surface area contributed by atoms with Crippen molar-refractivity contribution in [3.05, 3.63) is 35.6 Å². The Kier molecular flexibility index (Phi) is 9.02. The summed E-state index contributed by atoms with van der Waals surface area (Å²) < 4.78 is 9.06. The van der Waals surface area contributed by atoms with Crippen LogP contribution in [0, 0.1) is 6.92 Å². The average molecular weight is 543 g/mol. The second-order valence-electron chi connectivity index (χ2n) is 10.3. The van der Waals surface area contributed by atoms with Crippen molar-refractivity contribution in [2.75, 3.05) is 0 Å². The van der Waals surface area contributed by atoms with Crippen LogP contribution in [-0.4, -0.2) is 25.7 Å². The fourth-order valence-electron chi connectivity index (χ4n) is 6.68. The molecule has 1 aromatic heterocycles. The molecule has 174 valence electrons. The summed E-state index contributed by atoms with van der Waals surface area (Å²) in [7, 11) is 0. The first-order valence-corrected chi connectivity index (χ1v) is 18.2. The molecule has 3 aliphatic rings. The van der Waals surface area contributed by atoms with Crippen molar-refractivity contribution in [2.24, 2.45) is 0 Å². The molecule has 1 aromatic carbocycles. The fraction of sp³-hybridized carbons (Fsp3) is 0.679. The molecule has 0 N–H and O–H groups in total. The predicted octanol–water partition coefficient (Wildman–Crippen LogP) is 7.59. The van der Waals surface area contributed by atoms with E-state index < -0.39 is 25.7 Å². The van der Waals surface area contributed by atoms with E-state index in [1.54, 1.807) is 115 Å². The number of carbonyl (C=O) groups is 1. The van der Waals surface area contributed by atoms with Crippen molar-refractivity contribution < 1.29 is 14.3 Å². The van der Waals surface area contributed by atoms with Gasteiger partial charge in [-0.15, -0.1) is 0 Å². The van der Waals surface area contributed by atoms with Crippen molar-refractivity contribution in [1.29, 1.82) is 0 Å². The minimum atomic E-state index is -1.27. The topological polar surface area (TPSA) is 53.3 Å². The van der Waals surface area contributed by atoms with E-state index in [-0.39, 0.29) is 5.76 Å². The molecule has 3 saturated carbocycles. The van der Waals surface area contributed by atoms with Gasteiger partial charge in [-0.1, -0.05) is 18.2 Å². The van der Waals surface area contributed by atoms with E-state index in [9.17, 15) is 9.90 Å². The zero-order chi connectivity index (χ0) is 22.3. The Morgan fingerprint density at radius 1 is 0.781 bits per heavy atom. The number of rotatable bonds is 4. The Hall–Kier alpha value is -0.971. The quantitative estimate of drug-likeness (QED) is 0.374. The summed E-state index contributed by atoms with van der Waals surface area (Å²) in [5.41, 5.74) is 1.20. The van der Waals surface area contributed by atoms with Gasteiger partial charge < -0.3 is 14.3 Å². The van der Waals surface area contributed by atoms with Crippen molar-refractivity contribution in [3.63, 3.8) is 0 Å². The Morgan fingerprint density at radius 3 is 1.62 bits per heavy atom. The summed E-state index contributed by atoms with van der Waals surface area (Å²) in [6, 6.07) is 7.18. The van der Waals surface area contributed by atoms with Gasteiger partial charge in [-0.2, -0.15) is 0 Å². The summed E-state index contributed by atoms with van der Waals surface area (Å²) in [5, 5.41) is 11.4. The third-order valence-electron chi connectivity index (χ3n) is 8.26. The standard InChI is InChI=1S/C10H8O3.3C6H11.Sn/c1-6-7-4-2-3-5-8(7)13-9(6)10(11)12;3*1-2-4-6-5-3-1;/h2-5H,1H3,(H,11,12);3*1H,2-6H2;/q;;;;+1/p-1. The van der Waals surface area contributed by atoms with Gasteiger partial charge >= 0.3 is 128 Å². The zero-order valence-electron chi connectivity index (χ0n) is 19.9. The maximum absolute atomic E-state index is 10.6. The van der Waals surface area contributed by atoms with Gasteiger partial charge in [0, 0.05) is 10.9 Å². The van der Waals surface area contributed by atoms with E-state index in [1.165, 1.54) is 11.8 Å². The second-order valence-corrected chi connectivity index (χ2v) is 20.2. The van der Waals surface area contributed by atoms with Crippen LogP contribution in [0.1, 0.15) is 112 Å². The average Bonchev–Trinajstić information content (AvgIpc) is 3.19. The van der Waals surface area contributed by atoms with E-state index in [1.807, 2.05) is 12.1 Å². The van der Waals surface area contributed by atoms with Crippen LogP contribution >= 0.6 is 0 Å². The summed E-state index contributed by atoms with van der Waals surface area (Å²) in [6.07, 6.45) is 24.2. The summed E-state index contributed by atoms with van der Waals surface area (Å²) >= 11 is -1.15. The number of para-hydroxylation sites is 1. The number of carboxylic acid groups (broad SMARTS) is 1. The maximum atomic E-state index is 10.6. The SMILES string of the molecule is C1CC[CH]([Sn+]([CH]2CCCCC2)[CH]2CCCCC2)CC1.Cc1c(C(=O)[O-])oc2ccccc12. The number of hydrogen-bond donors (Lipinski definition) is 0. The number of aryl methyl sites for hydroxylation is 1. The first-order valence-electron chi connectivity index (χ1n) is 13.2. The Bertz CT molecular complexity index is 812. The van der Waals surface area contributed by atoms with Crippen LogP contribution in [0.4, 0.5) is 0 Å². The third-order valence-corrected chi connectivity index (χ3v) is 21.3. The first-order chi connectivity index (χ1) is 15.6. The molecule has 0 saturated heterocycles. The minimum absolute atomic E-state index is 0.0822. The Balaban J connectivity index is 0.000000165. The minimum Gasteiger partial charge on any atom is -0.542 e. The molecular weight excluding hydrogens is 503 g/mol. The molecule has 0 spiro atoms. The number of hydrogen-bond acceptors (Lipinski definition) is 3. The molecule has 3 aliphatic carbocycles. The van der Waals surface area contributed by atoms with Crippen LogP contribution in [0.3, 0.4) is 0 Å². The van der Waals surface area contributed by atoms with Gasteiger partial charge in [0.2, 0.25) is 0 Å². The number of furan rings is 1. The monoisotopic (exact) mass is 544 g/mol. The zero-order valence-corrected chi connectivity index (χ0v) is 22.7. The molecule has 0 atom stereocenters. The van der Waals surface area contributed by atoms with Crippen LogP contribution in [0.15, 0.2) is 28.7 Å². The van der Waals surface area contributed by atoms with E-state index >= 15 is 0 Å². The van der Waals surface area contributed by atoms with Gasteiger partial charge in [0.25, 0.3) is 0 Å². The molecule has 4 heteroatoms. The van der Waals surface area contributed by atoms with Crippen molar-refractivity contribution in [2.45, 2.75) is 115 Å². The predicted molar refractivity (Wildman–Crippen MR) is 132 cm³/mol. The van der Waals surface area contributed by atoms with Crippen LogP contribution in [0.2, 0.25) is 11.8 Å². The molecule has 0 radical (unpaired) electrons. The molecule has 2 aromatic rings. The Morgan fingerprint density at radius 2 is 1.22 bits per heavy atom. The molecule has 1 heterocycles. The fourth-order valence-corrected chi connectivity index (χ4v) is 21.6. The number of benzene rings is 1. The summed E-state index contributed by atoms with van der Waals surface area (Å²) in [6.45, 7) is 1.71. The van der Waals surface area contributed by atoms with Gasteiger partial charge in [0.1, 0.15) is 11.6 Å². The molecule has 0 unspecified atom stereocenters. The van der Waals surface area contributed by atoms with Gasteiger partial charge in [-0.05, 0) is 13.0 Å². The van der Waals surface area contributed by atoms with E-state index in [0.29, 0.717) is 11.1 Å². The third kappa shape index (κ3) is 5.93. The summed E-state index contributed by atoms with van der Waals surface area (Å²) in [4.78, 5) is 10.6. The summed E-state index contributed by atoms with van der Waals surface area (Å²) in [5.74, 6) is -1.35. The normalized spacial score (nSPS) is 21.2. The number of carboxylic acids is 1. The first kappa shape index (κ1) is 24.2. The smallest absolute Gasteiger partial charge is 0.153 e. The van der Waals surface area contributed by atoms with Gasteiger partial charge in [-0.25, -0.2) is 0 Å². The largest absolute Gasteiger partial charge is 0.542 e. The van der Waals surface area contributed by atoms with Crippen LogP contribution in [-0.2, 0) is 0 Å². The van der Waals surface area contributed by atoms with Gasteiger partial charge in [0.15, 0.2) is 5.76 Å². The maximum Gasteiger partial charge on any atom is 0.153 e. The molecule has 5 rings (SSSR count). The van der Waals surface area contributed by atoms with Crippen LogP contribution < -0.4 is 5.11 Å². The molecule has 0 amide bonds. The molecule has 32 heavy (non-hydrogen) atoms. The van der Waals surface area contributed by atoms with Crippen LogP contribution in [0.25, 0.3) is 11.0 Å². The van der Waals surface area contributed by atoms with Gasteiger partial charge in [-0.3, -0.25) is 0 Å². The number of fused-ring (bicyclic) bond motifs is 1. The van der Waals surface area contributed by atoms with Crippen molar-refractivity contribution in [1.82, 2.24) is 0 Å². The molecule has 3 fully saturated rings. The molecule has 0 aliphatic heterocycles. The van der Waals surface area contributed by atoms with Gasteiger partial charge in [0.05, 0.1) is 0 Å². The molecule has 0 bridgehead atoms. The van der Waals surface area contributed by atoms with Crippen molar-refractivity contribution >= 4 is 36.7 Å². The molecular formula is C28H40O3Sn. The van der Waals surface area contributed by atoms with Crippen molar-refractivity contribution in [3.8, 4) is 0 Å². The van der Waals surface area contributed by atoms with E-state index in [2.05, 4.69) is 0 Å². The van der Waals surface area contributed by atoms with Crippen LogP contribution in [0.5, 0.6) is 0 Å². The molecule has 3 nitrogen and oxygen atoms in total. The second kappa shape index (κ2) is 11.9. The number of carbonyl (C=O) groups excluding carboxylic acids is 1. The van der Waals surface area contributed by atoms with E-state index in [0.717, 1.165) is 5.39 Å².